The number of rotatable bonds is 2. The van der Waals surface area contributed by atoms with Crippen LogP contribution in [-0.2, 0) is 0 Å². The molecule has 1 aromatic carbocycles. The predicted octanol–water partition coefficient (Wildman–Crippen LogP) is 4.20. The van der Waals surface area contributed by atoms with Crippen molar-refractivity contribution in [3.8, 4) is 11.1 Å². The van der Waals surface area contributed by atoms with Gasteiger partial charge in [-0.25, -0.2) is 0 Å². The summed E-state index contributed by atoms with van der Waals surface area (Å²) in [5.41, 5.74) is 3.92. The van der Waals surface area contributed by atoms with Gasteiger partial charge in [0.15, 0.2) is 0 Å². The number of halogens is 1. The number of hydrogen-bond donors (Lipinski definition) is 0. The van der Waals surface area contributed by atoms with Gasteiger partial charge in [0, 0.05) is 16.9 Å². The first-order valence-electron chi connectivity index (χ1n) is 5.38. The lowest BCUT2D eigenvalue weighted by atomic mass is 9.99. The van der Waals surface area contributed by atoms with Crippen LogP contribution < -0.4 is 0 Å². The van der Waals surface area contributed by atoms with E-state index >= 15 is 0 Å². The number of pyridine rings is 1. The first kappa shape index (κ1) is 10.0. The van der Waals surface area contributed by atoms with Crippen molar-refractivity contribution < 1.29 is 0 Å². The summed E-state index contributed by atoms with van der Waals surface area (Å²) in [7, 11) is 0. The highest BCUT2D eigenvalue weighted by molar-refractivity contribution is 9.10. The van der Waals surface area contributed by atoms with E-state index in [2.05, 4.69) is 57.7 Å². The van der Waals surface area contributed by atoms with E-state index in [4.69, 9.17) is 0 Å². The van der Waals surface area contributed by atoms with E-state index in [1.54, 1.807) is 0 Å². The third-order valence-corrected chi connectivity index (χ3v) is 3.41. The van der Waals surface area contributed by atoms with Gasteiger partial charge in [-0.1, -0.05) is 28.1 Å². The molecular formula is C14H11BrN. The van der Waals surface area contributed by atoms with Crippen LogP contribution in [0.15, 0.2) is 47.2 Å². The molecule has 2 heteroatoms. The average Bonchev–Trinajstić information content (AvgIpc) is 3.14. The summed E-state index contributed by atoms with van der Waals surface area (Å²) in [4.78, 5) is 4.22. The first-order chi connectivity index (χ1) is 7.84. The summed E-state index contributed by atoms with van der Waals surface area (Å²) in [5.74, 6) is 0.618. The zero-order valence-corrected chi connectivity index (χ0v) is 10.3. The average molecular weight is 273 g/mol. The van der Waals surface area contributed by atoms with Gasteiger partial charge in [-0.2, -0.15) is 0 Å². The van der Waals surface area contributed by atoms with Crippen molar-refractivity contribution in [3.05, 3.63) is 59.2 Å². The van der Waals surface area contributed by atoms with Gasteiger partial charge in [-0.3, -0.25) is 4.98 Å². The Labute approximate surface area is 104 Å². The molecule has 1 saturated carbocycles. The third-order valence-electron chi connectivity index (χ3n) is 2.88. The van der Waals surface area contributed by atoms with Crippen LogP contribution in [0.2, 0.25) is 0 Å². The van der Waals surface area contributed by atoms with Crippen LogP contribution in [0.1, 0.15) is 17.9 Å². The van der Waals surface area contributed by atoms with Gasteiger partial charge in [0.1, 0.15) is 0 Å². The van der Waals surface area contributed by atoms with Crippen LogP contribution in [0.3, 0.4) is 0 Å². The monoisotopic (exact) mass is 272 g/mol. The van der Waals surface area contributed by atoms with Crippen LogP contribution in [0.4, 0.5) is 0 Å². The number of benzene rings is 1. The Kier molecular flexibility index (Phi) is 2.52. The van der Waals surface area contributed by atoms with Crippen LogP contribution >= 0.6 is 15.9 Å². The summed E-state index contributed by atoms with van der Waals surface area (Å²) in [6, 6.07) is 10.5. The molecule has 1 heterocycles. The van der Waals surface area contributed by atoms with Crippen LogP contribution in [0.25, 0.3) is 11.1 Å². The van der Waals surface area contributed by atoms with Gasteiger partial charge in [-0.05, 0) is 53.6 Å². The SMILES string of the molecule is Brc1ccc(-c2ccncc2C2[CH]C2)cc1. The van der Waals surface area contributed by atoms with Gasteiger partial charge in [0.25, 0.3) is 0 Å². The zero-order valence-electron chi connectivity index (χ0n) is 8.73. The fraction of sp³-hybridized carbons (Fsp3) is 0.143. The smallest absolute Gasteiger partial charge is 0.0308 e. The van der Waals surface area contributed by atoms with E-state index in [1.165, 1.54) is 23.1 Å². The minimum absolute atomic E-state index is 0.618. The molecule has 0 amide bonds. The van der Waals surface area contributed by atoms with Gasteiger partial charge in [0.05, 0.1) is 0 Å². The van der Waals surface area contributed by atoms with Gasteiger partial charge < -0.3 is 0 Å². The van der Waals surface area contributed by atoms with Crippen LogP contribution in [-0.4, -0.2) is 4.98 Å². The van der Waals surface area contributed by atoms with Crippen molar-refractivity contribution in [3.63, 3.8) is 0 Å². The molecule has 2 aromatic rings. The third kappa shape index (κ3) is 1.90. The van der Waals surface area contributed by atoms with E-state index < -0.39 is 0 Å². The Morgan fingerprint density at radius 2 is 1.88 bits per heavy atom. The molecule has 1 nitrogen and oxygen atoms in total. The number of aromatic nitrogens is 1. The lowest BCUT2D eigenvalue weighted by molar-refractivity contribution is 1.12. The lowest BCUT2D eigenvalue weighted by Gasteiger charge is -2.07. The lowest BCUT2D eigenvalue weighted by Crippen LogP contribution is -1.88. The highest BCUT2D eigenvalue weighted by Gasteiger charge is 2.26. The quantitative estimate of drug-likeness (QED) is 0.799. The highest BCUT2D eigenvalue weighted by Crippen LogP contribution is 2.42. The zero-order chi connectivity index (χ0) is 11.0. The summed E-state index contributed by atoms with van der Waals surface area (Å²) in [6.07, 6.45) is 7.36. The maximum Gasteiger partial charge on any atom is 0.0308 e. The van der Waals surface area contributed by atoms with Crippen molar-refractivity contribution in [2.45, 2.75) is 12.3 Å². The van der Waals surface area contributed by atoms with Crippen LogP contribution in [0.5, 0.6) is 0 Å². The van der Waals surface area contributed by atoms with Crippen LogP contribution in [0, 0.1) is 6.42 Å². The molecule has 1 aromatic heterocycles. The molecule has 0 N–H and O–H groups in total. The molecule has 0 saturated heterocycles. The second-order valence-corrected chi connectivity index (χ2v) is 4.96. The van der Waals surface area contributed by atoms with Crippen molar-refractivity contribution in [2.24, 2.45) is 0 Å². The second-order valence-electron chi connectivity index (χ2n) is 4.05. The Hall–Kier alpha value is -1.15. The van der Waals surface area contributed by atoms with Crippen molar-refractivity contribution >= 4 is 15.9 Å². The Morgan fingerprint density at radius 1 is 1.12 bits per heavy atom. The molecular weight excluding hydrogens is 262 g/mol. The van der Waals surface area contributed by atoms with E-state index in [1.807, 2.05) is 12.4 Å². The van der Waals surface area contributed by atoms with Crippen molar-refractivity contribution in [1.29, 1.82) is 0 Å². The minimum atomic E-state index is 0.618. The summed E-state index contributed by atoms with van der Waals surface area (Å²) < 4.78 is 1.12. The summed E-state index contributed by atoms with van der Waals surface area (Å²) in [5, 5.41) is 0. The topological polar surface area (TPSA) is 12.9 Å². The van der Waals surface area contributed by atoms with Crippen molar-refractivity contribution in [1.82, 2.24) is 4.98 Å². The van der Waals surface area contributed by atoms with E-state index in [0.717, 1.165) is 4.47 Å². The Balaban J connectivity index is 2.08. The standard InChI is InChI=1S/C14H11BrN/c15-12-5-3-10(4-6-12)13-7-8-16-9-14(13)11-1-2-11/h1,3-9,11H,2H2. The second kappa shape index (κ2) is 4.02. The molecule has 16 heavy (non-hydrogen) atoms. The van der Waals surface area contributed by atoms with E-state index in [9.17, 15) is 0 Å². The number of nitrogens with zero attached hydrogens (tertiary/aromatic N) is 1. The van der Waals surface area contributed by atoms with Crippen molar-refractivity contribution in [2.75, 3.05) is 0 Å². The molecule has 1 radical (unpaired) electrons. The fourth-order valence-electron chi connectivity index (χ4n) is 1.92. The van der Waals surface area contributed by atoms with Gasteiger partial charge in [-0.15, -0.1) is 0 Å². The molecule has 0 spiro atoms. The molecule has 0 aliphatic heterocycles. The molecule has 1 atom stereocenters. The van der Waals surface area contributed by atoms with Gasteiger partial charge in [0.2, 0.25) is 0 Å². The van der Waals surface area contributed by atoms with E-state index in [-0.39, 0.29) is 0 Å². The molecule has 1 aliphatic rings. The Morgan fingerprint density at radius 3 is 2.56 bits per heavy atom. The Bertz CT molecular complexity index is 500. The normalized spacial score (nSPS) is 15.1. The summed E-state index contributed by atoms with van der Waals surface area (Å²) >= 11 is 3.46. The molecule has 79 valence electrons. The summed E-state index contributed by atoms with van der Waals surface area (Å²) in [6.45, 7) is 0. The molecule has 1 unspecified atom stereocenters. The molecule has 3 rings (SSSR count). The molecule has 1 aliphatic carbocycles. The molecule has 0 bridgehead atoms. The van der Waals surface area contributed by atoms with E-state index in [0.29, 0.717) is 5.92 Å². The highest BCUT2D eigenvalue weighted by atomic mass is 79.9. The molecule has 1 fully saturated rings. The number of hydrogen-bond acceptors (Lipinski definition) is 1. The largest absolute Gasteiger partial charge is 0.264 e. The first-order valence-corrected chi connectivity index (χ1v) is 6.17. The van der Waals surface area contributed by atoms with Gasteiger partial charge >= 0.3 is 0 Å². The predicted molar refractivity (Wildman–Crippen MR) is 69.0 cm³/mol. The maximum absolute atomic E-state index is 4.22. The minimum Gasteiger partial charge on any atom is -0.264 e. The fourth-order valence-corrected chi connectivity index (χ4v) is 2.18. The maximum atomic E-state index is 4.22.